The van der Waals surface area contributed by atoms with Gasteiger partial charge in [-0.3, -0.25) is 0 Å². The number of hydrogen-bond donors (Lipinski definition) is 1. The predicted molar refractivity (Wildman–Crippen MR) is 48.8 cm³/mol. The molecule has 0 spiro atoms. The Bertz CT molecular complexity index is 280. The Hall–Kier alpha value is -0.130. The first-order chi connectivity index (χ1) is 6.16. The summed E-state index contributed by atoms with van der Waals surface area (Å²) in [5, 5.41) is 8.63. The summed E-state index contributed by atoms with van der Waals surface area (Å²) in [7, 11) is -3.05. The Morgan fingerprint density at radius 3 is 2.23 bits per heavy atom. The summed E-state index contributed by atoms with van der Waals surface area (Å²) >= 11 is 0. The van der Waals surface area contributed by atoms with Crippen molar-refractivity contribution in [2.45, 2.75) is 37.0 Å². The largest absolute Gasteiger partial charge is 0.395 e. The van der Waals surface area contributed by atoms with Crippen LogP contribution in [0.5, 0.6) is 0 Å². The Labute approximate surface area is 78.6 Å². The molecule has 5 heteroatoms. The normalized spacial score (nSPS) is 23.8. The summed E-state index contributed by atoms with van der Waals surface area (Å²) in [6, 6.07) is 0.192. The van der Waals surface area contributed by atoms with Gasteiger partial charge in [-0.05, 0) is 25.7 Å². The minimum absolute atomic E-state index is 0.0670. The molecular weight excluding hydrogens is 190 g/mol. The summed E-state index contributed by atoms with van der Waals surface area (Å²) < 4.78 is 25.1. The maximum atomic E-state index is 11.8. The van der Waals surface area contributed by atoms with Crippen LogP contribution < -0.4 is 0 Å². The van der Waals surface area contributed by atoms with Gasteiger partial charge in [0.1, 0.15) is 0 Å². The van der Waals surface area contributed by atoms with Crippen molar-refractivity contribution in [1.82, 2.24) is 4.31 Å². The quantitative estimate of drug-likeness (QED) is 0.684. The van der Waals surface area contributed by atoms with Gasteiger partial charge in [-0.15, -0.1) is 0 Å². The van der Waals surface area contributed by atoms with Crippen LogP contribution in [0, 0.1) is 0 Å². The number of sulfonamides is 1. The van der Waals surface area contributed by atoms with Gasteiger partial charge in [0.2, 0.25) is 10.0 Å². The van der Waals surface area contributed by atoms with E-state index in [0.717, 1.165) is 25.7 Å². The smallest absolute Gasteiger partial charge is 0.217 e. The Kier molecular flexibility index (Phi) is 2.33. The third-order valence-electron chi connectivity index (χ3n) is 2.55. The number of aliphatic hydroxyl groups excluding tert-OH is 1. The van der Waals surface area contributed by atoms with Gasteiger partial charge in [0.15, 0.2) is 0 Å². The van der Waals surface area contributed by atoms with E-state index in [1.807, 2.05) is 0 Å². The first kappa shape index (κ1) is 9.43. The van der Waals surface area contributed by atoms with E-state index in [1.54, 1.807) is 0 Å². The summed E-state index contributed by atoms with van der Waals surface area (Å²) in [5.41, 5.74) is 0. The van der Waals surface area contributed by atoms with Crippen molar-refractivity contribution < 1.29 is 13.5 Å². The molecule has 0 unspecified atom stereocenters. The molecule has 4 nitrogen and oxygen atoms in total. The highest BCUT2D eigenvalue weighted by molar-refractivity contribution is 7.90. The lowest BCUT2D eigenvalue weighted by Gasteiger charge is -2.20. The fraction of sp³-hybridized carbons (Fsp3) is 1.00. The van der Waals surface area contributed by atoms with E-state index in [2.05, 4.69) is 0 Å². The van der Waals surface area contributed by atoms with Crippen molar-refractivity contribution in [3.63, 3.8) is 0 Å². The third-order valence-corrected chi connectivity index (χ3v) is 5.00. The van der Waals surface area contributed by atoms with Crippen LogP contribution in [0.3, 0.4) is 0 Å². The fourth-order valence-corrected chi connectivity index (χ4v) is 3.61. The molecular formula is C8H15NO3S. The molecule has 2 saturated carbocycles. The number of nitrogens with zero attached hydrogens (tertiary/aromatic N) is 1. The molecule has 0 amide bonds. The van der Waals surface area contributed by atoms with Crippen LogP contribution in [-0.4, -0.2) is 42.3 Å². The number of aliphatic hydroxyl groups is 1. The fourth-order valence-electron chi connectivity index (χ4n) is 1.54. The van der Waals surface area contributed by atoms with Gasteiger partial charge in [-0.1, -0.05) is 0 Å². The molecule has 0 saturated heterocycles. The van der Waals surface area contributed by atoms with E-state index in [0.29, 0.717) is 0 Å². The first-order valence-electron chi connectivity index (χ1n) is 4.78. The minimum Gasteiger partial charge on any atom is -0.395 e. The molecule has 76 valence electrons. The molecule has 0 heterocycles. The van der Waals surface area contributed by atoms with Gasteiger partial charge < -0.3 is 5.11 Å². The SMILES string of the molecule is O=S(=O)(C1CC1)N(CCO)C1CC1. The molecule has 0 aliphatic heterocycles. The number of rotatable bonds is 5. The first-order valence-corrected chi connectivity index (χ1v) is 6.28. The van der Waals surface area contributed by atoms with E-state index in [9.17, 15) is 8.42 Å². The summed E-state index contributed by atoms with van der Waals surface area (Å²) in [4.78, 5) is 0. The van der Waals surface area contributed by atoms with Crippen molar-refractivity contribution in [3.05, 3.63) is 0 Å². The minimum atomic E-state index is -3.05. The number of hydrogen-bond acceptors (Lipinski definition) is 3. The maximum Gasteiger partial charge on any atom is 0.217 e. The zero-order valence-corrected chi connectivity index (χ0v) is 8.33. The van der Waals surface area contributed by atoms with Gasteiger partial charge in [-0.2, -0.15) is 4.31 Å². The van der Waals surface area contributed by atoms with Crippen molar-refractivity contribution in [2.24, 2.45) is 0 Å². The van der Waals surface area contributed by atoms with Crippen molar-refractivity contribution in [3.8, 4) is 0 Å². The Morgan fingerprint density at radius 2 is 1.85 bits per heavy atom. The highest BCUT2D eigenvalue weighted by Gasteiger charge is 2.45. The average molecular weight is 205 g/mol. The van der Waals surface area contributed by atoms with E-state index >= 15 is 0 Å². The molecule has 2 aliphatic rings. The molecule has 2 aliphatic carbocycles. The standard InChI is InChI=1S/C8H15NO3S/c10-6-5-9(7-1-2-7)13(11,12)8-3-4-8/h7-8,10H,1-6H2. The highest BCUT2D eigenvalue weighted by Crippen LogP contribution is 2.37. The van der Waals surface area contributed by atoms with Gasteiger partial charge in [-0.25, -0.2) is 8.42 Å². The van der Waals surface area contributed by atoms with E-state index in [1.165, 1.54) is 4.31 Å². The second-order valence-electron chi connectivity index (χ2n) is 3.81. The summed E-state index contributed by atoms with van der Waals surface area (Å²) in [6.07, 6.45) is 3.53. The lowest BCUT2D eigenvalue weighted by atomic mass is 10.6. The molecule has 0 radical (unpaired) electrons. The molecule has 2 fully saturated rings. The zero-order chi connectivity index (χ0) is 9.47. The molecule has 2 rings (SSSR count). The topological polar surface area (TPSA) is 57.6 Å². The van der Waals surface area contributed by atoms with Gasteiger partial charge in [0.25, 0.3) is 0 Å². The van der Waals surface area contributed by atoms with Crippen LogP contribution in [0.4, 0.5) is 0 Å². The van der Waals surface area contributed by atoms with E-state index in [-0.39, 0.29) is 24.4 Å². The van der Waals surface area contributed by atoms with Gasteiger partial charge in [0.05, 0.1) is 11.9 Å². The van der Waals surface area contributed by atoms with Crippen molar-refractivity contribution in [2.75, 3.05) is 13.2 Å². The molecule has 0 aromatic heterocycles. The van der Waals surface area contributed by atoms with Crippen molar-refractivity contribution >= 4 is 10.0 Å². The molecule has 0 atom stereocenters. The van der Waals surface area contributed by atoms with E-state index < -0.39 is 10.0 Å². The Balaban J connectivity index is 2.08. The van der Waals surface area contributed by atoms with Crippen LogP contribution in [0.1, 0.15) is 25.7 Å². The third kappa shape index (κ3) is 1.87. The van der Waals surface area contributed by atoms with Crippen LogP contribution in [0.25, 0.3) is 0 Å². The zero-order valence-electron chi connectivity index (χ0n) is 7.52. The van der Waals surface area contributed by atoms with Gasteiger partial charge >= 0.3 is 0 Å². The molecule has 0 aromatic rings. The van der Waals surface area contributed by atoms with Crippen LogP contribution in [0.2, 0.25) is 0 Å². The van der Waals surface area contributed by atoms with E-state index in [4.69, 9.17) is 5.11 Å². The average Bonchev–Trinajstić information content (AvgIpc) is 2.85. The molecule has 1 N–H and O–H groups in total. The van der Waals surface area contributed by atoms with Crippen LogP contribution >= 0.6 is 0 Å². The van der Waals surface area contributed by atoms with Crippen molar-refractivity contribution in [1.29, 1.82) is 0 Å². The highest BCUT2D eigenvalue weighted by atomic mass is 32.2. The monoisotopic (exact) mass is 205 g/mol. The predicted octanol–water partition coefficient (Wildman–Crippen LogP) is -0.0647. The molecule has 0 bridgehead atoms. The summed E-state index contributed by atoms with van der Waals surface area (Å²) in [6.45, 7) is 0.214. The Morgan fingerprint density at radius 1 is 1.23 bits per heavy atom. The lowest BCUT2D eigenvalue weighted by Crippen LogP contribution is -2.37. The van der Waals surface area contributed by atoms with Crippen LogP contribution in [-0.2, 0) is 10.0 Å². The molecule has 13 heavy (non-hydrogen) atoms. The van der Waals surface area contributed by atoms with Crippen LogP contribution in [0.15, 0.2) is 0 Å². The van der Waals surface area contributed by atoms with Gasteiger partial charge in [0, 0.05) is 12.6 Å². The second-order valence-corrected chi connectivity index (χ2v) is 5.98. The maximum absolute atomic E-state index is 11.8. The second kappa shape index (κ2) is 3.22. The lowest BCUT2D eigenvalue weighted by molar-refractivity contribution is 0.250. The summed E-state index contributed by atoms with van der Waals surface area (Å²) in [5.74, 6) is 0. The molecule has 0 aromatic carbocycles.